The SMILES string of the molecule is COc1ccc(C(C)NCC(C)C(C)(C)C)c(OC)c1. The molecule has 114 valence electrons. The predicted molar refractivity (Wildman–Crippen MR) is 84.6 cm³/mol. The first-order chi connectivity index (χ1) is 9.29. The number of nitrogens with one attached hydrogen (secondary N) is 1. The zero-order chi connectivity index (χ0) is 15.3. The summed E-state index contributed by atoms with van der Waals surface area (Å²) in [5, 5.41) is 3.60. The van der Waals surface area contributed by atoms with Crippen molar-refractivity contribution >= 4 is 0 Å². The molecule has 1 N–H and O–H groups in total. The molecule has 1 aromatic carbocycles. The molecule has 20 heavy (non-hydrogen) atoms. The fourth-order valence-corrected chi connectivity index (χ4v) is 1.95. The maximum absolute atomic E-state index is 5.46. The summed E-state index contributed by atoms with van der Waals surface area (Å²) in [4.78, 5) is 0. The lowest BCUT2D eigenvalue weighted by Crippen LogP contribution is -2.31. The molecule has 0 heterocycles. The largest absolute Gasteiger partial charge is 0.497 e. The zero-order valence-corrected chi connectivity index (χ0v) is 13.9. The Morgan fingerprint density at radius 1 is 1.10 bits per heavy atom. The fraction of sp³-hybridized carbons (Fsp3) is 0.647. The van der Waals surface area contributed by atoms with E-state index in [1.165, 1.54) is 0 Å². The second kappa shape index (κ2) is 6.98. The van der Waals surface area contributed by atoms with E-state index in [1.807, 2.05) is 12.1 Å². The summed E-state index contributed by atoms with van der Waals surface area (Å²) in [6.07, 6.45) is 0. The highest BCUT2D eigenvalue weighted by Crippen LogP contribution is 2.30. The van der Waals surface area contributed by atoms with Crippen molar-refractivity contribution in [1.29, 1.82) is 0 Å². The van der Waals surface area contributed by atoms with E-state index >= 15 is 0 Å². The van der Waals surface area contributed by atoms with E-state index in [-0.39, 0.29) is 6.04 Å². The Morgan fingerprint density at radius 3 is 2.25 bits per heavy atom. The van der Waals surface area contributed by atoms with Crippen LogP contribution in [0.25, 0.3) is 0 Å². The first kappa shape index (κ1) is 16.8. The van der Waals surface area contributed by atoms with Gasteiger partial charge in [-0.05, 0) is 30.9 Å². The normalized spacial score (nSPS) is 14.8. The van der Waals surface area contributed by atoms with Crippen LogP contribution in [0.4, 0.5) is 0 Å². The van der Waals surface area contributed by atoms with Crippen molar-refractivity contribution in [3.8, 4) is 11.5 Å². The summed E-state index contributed by atoms with van der Waals surface area (Å²) in [5.41, 5.74) is 1.48. The monoisotopic (exact) mass is 279 g/mol. The van der Waals surface area contributed by atoms with Gasteiger partial charge in [-0.15, -0.1) is 0 Å². The molecule has 0 saturated heterocycles. The molecule has 1 aromatic rings. The minimum Gasteiger partial charge on any atom is -0.497 e. The van der Waals surface area contributed by atoms with Crippen molar-refractivity contribution in [2.75, 3.05) is 20.8 Å². The second-order valence-corrected chi connectivity index (χ2v) is 6.50. The Kier molecular flexibility index (Phi) is 5.88. The number of hydrogen-bond donors (Lipinski definition) is 1. The number of benzene rings is 1. The van der Waals surface area contributed by atoms with Crippen LogP contribution in [-0.2, 0) is 0 Å². The van der Waals surface area contributed by atoms with E-state index in [9.17, 15) is 0 Å². The molecule has 0 fully saturated rings. The van der Waals surface area contributed by atoms with E-state index < -0.39 is 0 Å². The van der Waals surface area contributed by atoms with E-state index in [4.69, 9.17) is 9.47 Å². The van der Waals surface area contributed by atoms with Crippen LogP contribution >= 0.6 is 0 Å². The van der Waals surface area contributed by atoms with Gasteiger partial charge in [-0.3, -0.25) is 0 Å². The summed E-state index contributed by atoms with van der Waals surface area (Å²) in [6, 6.07) is 6.22. The molecule has 2 unspecified atom stereocenters. The number of rotatable bonds is 6. The molecule has 0 spiro atoms. The van der Waals surface area contributed by atoms with E-state index in [2.05, 4.69) is 46.0 Å². The van der Waals surface area contributed by atoms with Gasteiger partial charge in [0.15, 0.2) is 0 Å². The Balaban J connectivity index is 2.75. The third-order valence-corrected chi connectivity index (χ3v) is 4.12. The second-order valence-electron chi connectivity index (χ2n) is 6.50. The summed E-state index contributed by atoms with van der Waals surface area (Å²) in [6.45, 7) is 12.3. The smallest absolute Gasteiger partial charge is 0.127 e. The van der Waals surface area contributed by atoms with Crippen LogP contribution in [0.2, 0.25) is 0 Å². The first-order valence-corrected chi connectivity index (χ1v) is 7.25. The quantitative estimate of drug-likeness (QED) is 0.852. The molecule has 0 radical (unpaired) electrons. The van der Waals surface area contributed by atoms with E-state index in [0.29, 0.717) is 11.3 Å². The number of hydrogen-bond acceptors (Lipinski definition) is 3. The Labute approximate surface area is 123 Å². The topological polar surface area (TPSA) is 30.5 Å². The fourth-order valence-electron chi connectivity index (χ4n) is 1.95. The molecule has 3 heteroatoms. The van der Waals surface area contributed by atoms with Gasteiger partial charge in [-0.1, -0.05) is 33.8 Å². The van der Waals surface area contributed by atoms with Crippen LogP contribution in [0, 0.1) is 11.3 Å². The average molecular weight is 279 g/mol. The summed E-state index contributed by atoms with van der Waals surface area (Å²) < 4.78 is 10.7. The predicted octanol–water partition coefficient (Wildman–Crippen LogP) is 4.04. The van der Waals surface area contributed by atoms with Gasteiger partial charge in [0.25, 0.3) is 0 Å². The Morgan fingerprint density at radius 2 is 1.75 bits per heavy atom. The molecule has 3 nitrogen and oxygen atoms in total. The summed E-state index contributed by atoms with van der Waals surface area (Å²) in [7, 11) is 3.36. The lowest BCUT2D eigenvalue weighted by molar-refractivity contribution is 0.246. The molecule has 1 rings (SSSR count). The highest BCUT2D eigenvalue weighted by Gasteiger charge is 2.21. The Hall–Kier alpha value is -1.22. The molecular weight excluding hydrogens is 250 g/mol. The standard InChI is InChI=1S/C17H29NO2/c1-12(17(3,4)5)11-18-13(2)15-9-8-14(19-6)10-16(15)20-7/h8-10,12-13,18H,11H2,1-7H3. The van der Waals surface area contributed by atoms with Gasteiger partial charge in [0.2, 0.25) is 0 Å². The third kappa shape index (κ3) is 4.41. The summed E-state index contributed by atoms with van der Waals surface area (Å²) in [5.74, 6) is 2.29. The number of ether oxygens (including phenoxy) is 2. The van der Waals surface area contributed by atoms with Gasteiger partial charge in [0.1, 0.15) is 11.5 Å². The van der Waals surface area contributed by atoms with Crippen LogP contribution in [0.1, 0.15) is 46.2 Å². The summed E-state index contributed by atoms with van der Waals surface area (Å²) >= 11 is 0. The Bertz CT molecular complexity index is 423. The van der Waals surface area contributed by atoms with Crippen molar-refractivity contribution in [3.63, 3.8) is 0 Å². The van der Waals surface area contributed by atoms with Gasteiger partial charge in [0, 0.05) is 17.7 Å². The van der Waals surface area contributed by atoms with Gasteiger partial charge in [0.05, 0.1) is 14.2 Å². The molecule has 0 aliphatic carbocycles. The minimum absolute atomic E-state index is 0.251. The van der Waals surface area contributed by atoms with Crippen LogP contribution in [0.5, 0.6) is 11.5 Å². The molecule has 0 amide bonds. The van der Waals surface area contributed by atoms with E-state index in [0.717, 1.165) is 23.6 Å². The zero-order valence-electron chi connectivity index (χ0n) is 13.9. The maximum atomic E-state index is 5.46. The van der Waals surface area contributed by atoms with Gasteiger partial charge in [-0.25, -0.2) is 0 Å². The van der Waals surface area contributed by atoms with Crippen LogP contribution in [-0.4, -0.2) is 20.8 Å². The average Bonchev–Trinajstić information content (AvgIpc) is 2.42. The minimum atomic E-state index is 0.251. The molecule has 0 aromatic heterocycles. The first-order valence-electron chi connectivity index (χ1n) is 7.25. The highest BCUT2D eigenvalue weighted by atomic mass is 16.5. The molecule has 2 atom stereocenters. The van der Waals surface area contributed by atoms with Crippen molar-refractivity contribution < 1.29 is 9.47 Å². The van der Waals surface area contributed by atoms with Crippen molar-refractivity contribution in [2.45, 2.75) is 40.7 Å². The van der Waals surface area contributed by atoms with E-state index in [1.54, 1.807) is 14.2 Å². The van der Waals surface area contributed by atoms with Gasteiger partial charge < -0.3 is 14.8 Å². The van der Waals surface area contributed by atoms with Crippen LogP contribution in [0.15, 0.2) is 18.2 Å². The molecular formula is C17H29NO2. The van der Waals surface area contributed by atoms with Crippen molar-refractivity contribution in [1.82, 2.24) is 5.32 Å². The molecule has 0 bridgehead atoms. The van der Waals surface area contributed by atoms with Crippen molar-refractivity contribution in [3.05, 3.63) is 23.8 Å². The lowest BCUT2D eigenvalue weighted by Gasteiger charge is -2.29. The van der Waals surface area contributed by atoms with Gasteiger partial charge >= 0.3 is 0 Å². The van der Waals surface area contributed by atoms with Crippen LogP contribution < -0.4 is 14.8 Å². The van der Waals surface area contributed by atoms with Crippen molar-refractivity contribution in [2.24, 2.45) is 11.3 Å². The van der Waals surface area contributed by atoms with Crippen LogP contribution in [0.3, 0.4) is 0 Å². The number of methoxy groups -OCH3 is 2. The van der Waals surface area contributed by atoms with Gasteiger partial charge in [-0.2, -0.15) is 0 Å². The molecule has 0 saturated carbocycles. The third-order valence-electron chi connectivity index (χ3n) is 4.12. The molecule has 0 aliphatic heterocycles. The highest BCUT2D eigenvalue weighted by molar-refractivity contribution is 5.42. The maximum Gasteiger partial charge on any atom is 0.127 e. The lowest BCUT2D eigenvalue weighted by atomic mass is 9.82. The molecule has 0 aliphatic rings.